The van der Waals surface area contributed by atoms with Crippen LogP contribution in [0, 0.1) is 0 Å². The van der Waals surface area contributed by atoms with Crippen LogP contribution < -0.4 is 0 Å². The molecule has 4 nitrogen and oxygen atoms in total. The first-order valence-corrected chi connectivity index (χ1v) is 6.78. The van der Waals surface area contributed by atoms with Crippen molar-refractivity contribution >= 4 is 27.5 Å². The third-order valence-electron chi connectivity index (χ3n) is 2.70. The molecule has 0 spiro atoms. The standard InChI is InChI=1S/C12H13BrClN3O/c1-2-17-12(15-7-16-17)6-11(18)8-3-4-9(13)10(14)5-8/h3-5,7,11,18H,2,6H2,1H3. The van der Waals surface area contributed by atoms with Crippen LogP contribution in [0.4, 0.5) is 0 Å². The first kappa shape index (κ1) is 13.5. The van der Waals surface area contributed by atoms with Gasteiger partial charge in [-0.05, 0) is 40.5 Å². The van der Waals surface area contributed by atoms with Crippen LogP contribution in [0.2, 0.25) is 5.02 Å². The van der Waals surface area contributed by atoms with Crippen molar-refractivity contribution in [2.45, 2.75) is 26.0 Å². The molecule has 1 heterocycles. The Morgan fingerprint density at radius 1 is 1.50 bits per heavy atom. The van der Waals surface area contributed by atoms with E-state index < -0.39 is 6.10 Å². The Morgan fingerprint density at radius 2 is 2.28 bits per heavy atom. The van der Waals surface area contributed by atoms with Crippen molar-refractivity contribution in [1.29, 1.82) is 0 Å². The fourth-order valence-electron chi connectivity index (χ4n) is 1.72. The van der Waals surface area contributed by atoms with Crippen LogP contribution in [0.15, 0.2) is 29.0 Å². The van der Waals surface area contributed by atoms with Crippen molar-refractivity contribution in [3.8, 4) is 0 Å². The number of benzene rings is 1. The van der Waals surface area contributed by atoms with E-state index in [-0.39, 0.29) is 0 Å². The van der Waals surface area contributed by atoms with E-state index in [0.717, 1.165) is 22.4 Å². The molecular weight excluding hydrogens is 318 g/mol. The molecule has 0 saturated heterocycles. The average Bonchev–Trinajstić information content (AvgIpc) is 2.79. The highest BCUT2D eigenvalue weighted by molar-refractivity contribution is 9.10. The number of hydrogen-bond acceptors (Lipinski definition) is 3. The van der Waals surface area contributed by atoms with Crippen molar-refractivity contribution in [2.24, 2.45) is 0 Å². The normalized spacial score (nSPS) is 12.7. The summed E-state index contributed by atoms with van der Waals surface area (Å²) in [5.41, 5.74) is 0.772. The van der Waals surface area contributed by atoms with Crippen LogP contribution in [0.25, 0.3) is 0 Å². The number of aliphatic hydroxyl groups excluding tert-OH is 1. The maximum absolute atomic E-state index is 10.2. The average molecular weight is 331 g/mol. The Balaban J connectivity index is 2.16. The molecule has 2 rings (SSSR count). The Labute approximate surface area is 119 Å². The van der Waals surface area contributed by atoms with Gasteiger partial charge in [-0.1, -0.05) is 17.7 Å². The molecule has 0 amide bonds. The highest BCUT2D eigenvalue weighted by Gasteiger charge is 2.13. The number of rotatable bonds is 4. The van der Waals surface area contributed by atoms with E-state index in [0.29, 0.717) is 11.4 Å². The fraction of sp³-hybridized carbons (Fsp3) is 0.333. The van der Waals surface area contributed by atoms with Gasteiger partial charge in [0.15, 0.2) is 0 Å². The van der Waals surface area contributed by atoms with Crippen LogP contribution in [-0.2, 0) is 13.0 Å². The largest absolute Gasteiger partial charge is 0.388 e. The van der Waals surface area contributed by atoms with E-state index in [2.05, 4.69) is 26.0 Å². The van der Waals surface area contributed by atoms with Gasteiger partial charge in [-0.3, -0.25) is 4.68 Å². The van der Waals surface area contributed by atoms with Gasteiger partial charge in [0.2, 0.25) is 0 Å². The zero-order valence-corrected chi connectivity index (χ0v) is 12.2. The number of aryl methyl sites for hydroxylation is 1. The second-order valence-electron chi connectivity index (χ2n) is 3.89. The molecule has 2 aromatic rings. The van der Waals surface area contributed by atoms with Crippen LogP contribution >= 0.6 is 27.5 Å². The number of aromatic nitrogens is 3. The number of aliphatic hydroxyl groups is 1. The van der Waals surface area contributed by atoms with Gasteiger partial charge in [0.05, 0.1) is 11.1 Å². The smallest absolute Gasteiger partial charge is 0.138 e. The number of halogens is 2. The van der Waals surface area contributed by atoms with Gasteiger partial charge in [-0.25, -0.2) is 4.98 Å². The molecule has 96 valence electrons. The van der Waals surface area contributed by atoms with Crippen molar-refractivity contribution in [3.05, 3.63) is 45.4 Å². The minimum Gasteiger partial charge on any atom is -0.388 e. The summed E-state index contributed by atoms with van der Waals surface area (Å²) in [6.45, 7) is 2.73. The first-order chi connectivity index (χ1) is 8.61. The Morgan fingerprint density at radius 3 is 2.94 bits per heavy atom. The van der Waals surface area contributed by atoms with Gasteiger partial charge in [0.25, 0.3) is 0 Å². The Hall–Kier alpha value is -0.910. The SMILES string of the molecule is CCn1ncnc1CC(O)c1ccc(Br)c(Cl)c1. The van der Waals surface area contributed by atoms with Crippen molar-refractivity contribution in [3.63, 3.8) is 0 Å². The van der Waals surface area contributed by atoms with E-state index in [9.17, 15) is 5.11 Å². The molecule has 1 aromatic carbocycles. The molecule has 0 aliphatic carbocycles. The molecule has 0 aliphatic heterocycles. The van der Waals surface area contributed by atoms with E-state index in [4.69, 9.17) is 11.6 Å². The summed E-state index contributed by atoms with van der Waals surface area (Å²) in [6.07, 6.45) is 1.29. The lowest BCUT2D eigenvalue weighted by atomic mass is 10.1. The van der Waals surface area contributed by atoms with E-state index in [1.54, 1.807) is 10.7 Å². The topological polar surface area (TPSA) is 50.9 Å². The van der Waals surface area contributed by atoms with E-state index >= 15 is 0 Å². The summed E-state index contributed by atoms with van der Waals surface area (Å²) in [4.78, 5) is 4.14. The van der Waals surface area contributed by atoms with Crippen LogP contribution in [0.3, 0.4) is 0 Å². The highest BCUT2D eigenvalue weighted by Crippen LogP contribution is 2.27. The third kappa shape index (κ3) is 2.91. The maximum Gasteiger partial charge on any atom is 0.138 e. The monoisotopic (exact) mass is 329 g/mol. The second-order valence-corrected chi connectivity index (χ2v) is 5.15. The molecule has 0 fully saturated rings. The van der Waals surface area contributed by atoms with Crippen LogP contribution in [0.5, 0.6) is 0 Å². The number of hydrogen-bond donors (Lipinski definition) is 1. The quantitative estimate of drug-likeness (QED) is 0.937. The molecule has 0 aliphatic rings. The molecule has 18 heavy (non-hydrogen) atoms. The number of nitrogens with zero attached hydrogens (tertiary/aromatic N) is 3. The van der Waals surface area contributed by atoms with Gasteiger partial charge in [0.1, 0.15) is 12.2 Å². The molecule has 0 bridgehead atoms. The van der Waals surface area contributed by atoms with Gasteiger partial charge in [0, 0.05) is 17.4 Å². The van der Waals surface area contributed by atoms with Crippen LogP contribution in [0.1, 0.15) is 24.4 Å². The zero-order valence-electron chi connectivity index (χ0n) is 9.85. The van der Waals surface area contributed by atoms with Crippen molar-refractivity contribution in [2.75, 3.05) is 0 Å². The first-order valence-electron chi connectivity index (χ1n) is 5.61. The van der Waals surface area contributed by atoms with Gasteiger partial charge in [-0.2, -0.15) is 5.10 Å². The maximum atomic E-state index is 10.2. The molecule has 6 heteroatoms. The summed E-state index contributed by atoms with van der Waals surface area (Å²) in [7, 11) is 0. The molecular formula is C12H13BrClN3O. The molecule has 0 radical (unpaired) electrons. The lowest BCUT2D eigenvalue weighted by Gasteiger charge is -2.11. The zero-order chi connectivity index (χ0) is 13.1. The lowest BCUT2D eigenvalue weighted by Crippen LogP contribution is -2.09. The minimum absolute atomic E-state index is 0.422. The summed E-state index contributed by atoms with van der Waals surface area (Å²) < 4.78 is 2.58. The lowest BCUT2D eigenvalue weighted by molar-refractivity contribution is 0.174. The van der Waals surface area contributed by atoms with Crippen LogP contribution in [-0.4, -0.2) is 19.9 Å². The Bertz CT molecular complexity index is 544. The molecule has 1 aromatic heterocycles. The highest BCUT2D eigenvalue weighted by atomic mass is 79.9. The van der Waals surface area contributed by atoms with E-state index in [1.165, 1.54) is 6.33 Å². The van der Waals surface area contributed by atoms with Gasteiger partial charge >= 0.3 is 0 Å². The van der Waals surface area contributed by atoms with Gasteiger partial charge < -0.3 is 5.11 Å². The third-order valence-corrected chi connectivity index (χ3v) is 3.93. The summed E-state index contributed by atoms with van der Waals surface area (Å²) in [5.74, 6) is 0.768. The van der Waals surface area contributed by atoms with Gasteiger partial charge in [-0.15, -0.1) is 0 Å². The fourth-order valence-corrected chi connectivity index (χ4v) is 2.16. The molecule has 1 atom stereocenters. The van der Waals surface area contributed by atoms with E-state index in [1.807, 2.05) is 19.1 Å². The predicted molar refractivity (Wildman–Crippen MR) is 73.5 cm³/mol. The van der Waals surface area contributed by atoms with Crippen molar-refractivity contribution in [1.82, 2.24) is 14.8 Å². The molecule has 1 N–H and O–H groups in total. The minimum atomic E-state index is -0.634. The summed E-state index contributed by atoms with van der Waals surface area (Å²) in [5, 5.41) is 14.8. The second kappa shape index (κ2) is 5.82. The summed E-state index contributed by atoms with van der Waals surface area (Å²) in [6, 6.07) is 5.42. The molecule has 0 saturated carbocycles. The molecule has 1 unspecified atom stereocenters. The van der Waals surface area contributed by atoms with Crippen molar-refractivity contribution < 1.29 is 5.11 Å². The summed E-state index contributed by atoms with van der Waals surface area (Å²) >= 11 is 9.33. The Kier molecular flexibility index (Phi) is 4.37. The predicted octanol–water partition coefficient (Wildman–Crippen LogP) is 2.99.